The smallest absolute Gasteiger partial charge is 0.269 e. The number of nitrogens with zero attached hydrogens (tertiary/aromatic N) is 2. The van der Waals surface area contributed by atoms with Crippen LogP contribution in [0.2, 0.25) is 0 Å². The lowest BCUT2D eigenvalue weighted by Crippen LogP contribution is -2.32. The fourth-order valence-corrected chi connectivity index (χ4v) is 2.28. The lowest BCUT2D eigenvalue weighted by molar-refractivity contribution is -0.384. The van der Waals surface area contributed by atoms with Crippen LogP contribution in [0.4, 0.5) is 5.69 Å². The van der Waals surface area contributed by atoms with Crippen molar-refractivity contribution in [3.63, 3.8) is 0 Å². The van der Waals surface area contributed by atoms with Gasteiger partial charge in [-0.15, -0.1) is 0 Å². The highest BCUT2D eigenvalue weighted by molar-refractivity contribution is 5.97. The number of non-ortho nitro benzene ring substituents is 1. The molecule has 5 nitrogen and oxygen atoms in total. The topological polar surface area (TPSA) is 63.5 Å². The van der Waals surface area contributed by atoms with E-state index in [1.807, 2.05) is 0 Å². The highest BCUT2D eigenvalue weighted by Crippen LogP contribution is 2.29. The third kappa shape index (κ3) is 4.13. The molecule has 1 aliphatic carbocycles. The fraction of sp³-hybridized carbons (Fsp3) is 0.533. The standard InChI is InChI=1S/C15H20N2O3/c1-2-9-16(10-12-3-4-12)11-15(18)13-5-7-14(8-6-13)17(19)20/h5-8,12H,2-4,9-11H2,1H3. The summed E-state index contributed by atoms with van der Waals surface area (Å²) in [6, 6.07) is 5.86. The van der Waals surface area contributed by atoms with E-state index in [0.29, 0.717) is 12.1 Å². The SMILES string of the molecule is CCCN(CC(=O)c1ccc([N+](=O)[O-])cc1)CC1CC1. The van der Waals surface area contributed by atoms with Crippen LogP contribution in [0.25, 0.3) is 0 Å². The molecule has 1 fully saturated rings. The Bertz CT molecular complexity index is 480. The molecule has 108 valence electrons. The minimum absolute atomic E-state index is 0.0185. The second kappa shape index (κ2) is 6.61. The number of benzene rings is 1. The van der Waals surface area contributed by atoms with Crippen LogP contribution in [0.1, 0.15) is 36.5 Å². The first-order valence-corrected chi connectivity index (χ1v) is 7.10. The van der Waals surface area contributed by atoms with Crippen LogP contribution in [0.5, 0.6) is 0 Å². The summed E-state index contributed by atoms with van der Waals surface area (Å²) in [4.78, 5) is 24.5. The number of carbonyl (C=O) groups is 1. The molecule has 0 bridgehead atoms. The fourth-order valence-electron chi connectivity index (χ4n) is 2.28. The molecule has 0 spiro atoms. The van der Waals surface area contributed by atoms with E-state index in [2.05, 4.69) is 11.8 Å². The summed E-state index contributed by atoms with van der Waals surface area (Å²) >= 11 is 0. The van der Waals surface area contributed by atoms with Gasteiger partial charge in [0.25, 0.3) is 5.69 Å². The average Bonchev–Trinajstić information content (AvgIpc) is 3.23. The average molecular weight is 276 g/mol. The summed E-state index contributed by atoms with van der Waals surface area (Å²) in [5, 5.41) is 10.6. The number of ketones is 1. The molecule has 0 unspecified atom stereocenters. The van der Waals surface area contributed by atoms with Crippen molar-refractivity contribution in [3.05, 3.63) is 39.9 Å². The Kier molecular flexibility index (Phi) is 4.84. The maximum Gasteiger partial charge on any atom is 0.269 e. The Hall–Kier alpha value is -1.75. The van der Waals surface area contributed by atoms with Crippen molar-refractivity contribution in [2.75, 3.05) is 19.6 Å². The van der Waals surface area contributed by atoms with Crippen molar-refractivity contribution in [2.45, 2.75) is 26.2 Å². The van der Waals surface area contributed by atoms with E-state index in [1.165, 1.54) is 25.0 Å². The Morgan fingerprint density at radius 2 is 2.00 bits per heavy atom. The van der Waals surface area contributed by atoms with E-state index >= 15 is 0 Å². The molecule has 1 aliphatic rings. The van der Waals surface area contributed by atoms with Gasteiger partial charge in [0.05, 0.1) is 11.5 Å². The van der Waals surface area contributed by atoms with Crippen LogP contribution in [0, 0.1) is 16.0 Å². The van der Waals surface area contributed by atoms with Gasteiger partial charge in [-0.05, 0) is 43.9 Å². The molecule has 5 heteroatoms. The Labute approximate surface area is 118 Å². The number of carbonyl (C=O) groups excluding carboxylic acids is 1. The van der Waals surface area contributed by atoms with Gasteiger partial charge in [-0.25, -0.2) is 0 Å². The van der Waals surface area contributed by atoms with Crippen LogP contribution in [-0.2, 0) is 0 Å². The van der Waals surface area contributed by atoms with E-state index in [9.17, 15) is 14.9 Å². The quantitative estimate of drug-likeness (QED) is 0.416. The first kappa shape index (κ1) is 14.7. The molecule has 0 aliphatic heterocycles. The zero-order chi connectivity index (χ0) is 14.5. The Morgan fingerprint density at radius 3 is 2.50 bits per heavy atom. The van der Waals surface area contributed by atoms with Gasteiger partial charge in [0.2, 0.25) is 0 Å². The minimum atomic E-state index is -0.454. The molecule has 0 saturated heterocycles. The van der Waals surface area contributed by atoms with Crippen molar-refractivity contribution >= 4 is 11.5 Å². The van der Waals surface area contributed by atoms with Gasteiger partial charge in [0, 0.05) is 24.2 Å². The zero-order valence-electron chi connectivity index (χ0n) is 11.7. The lowest BCUT2D eigenvalue weighted by Gasteiger charge is -2.20. The highest BCUT2D eigenvalue weighted by Gasteiger charge is 2.25. The van der Waals surface area contributed by atoms with Gasteiger partial charge < -0.3 is 0 Å². The van der Waals surface area contributed by atoms with E-state index < -0.39 is 4.92 Å². The molecule has 0 aromatic heterocycles. The molecule has 1 aromatic rings. The molecule has 2 rings (SSSR count). The number of hydrogen-bond donors (Lipinski definition) is 0. The van der Waals surface area contributed by atoms with Crippen molar-refractivity contribution < 1.29 is 9.72 Å². The van der Waals surface area contributed by atoms with Crippen LogP contribution in [0.3, 0.4) is 0 Å². The summed E-state index contributed by atoms with van der Waals surface area (Å²) in [6.07, 6.45) is 3.57. The first-order chi connectivity index (χ1) is 9.60. The summed E-state index contributed by atoms with van der Waals surface area (Å²) in [5.74, 6) is 0.792. The third-order valence-corrected chi connectivity index (χ3v) is 3.52. The maximum atomic E-state index is 12.2. The summed E-state index contributed by atoms with van der Waals surface area (Å²) in [6.45, 7) is 4.43. The molecule has 20 heavy (non-hydrogen) atoms. The molecule has 0 radical (unpaired) electrons. The van der Waals surface area contributed by atoms with Crippen molar-refractivity contribution in [3.8, 4) is 0 Å². The highest BCUT2D eigenvalue weighted by atomic mass is 16.6. The predicted molar refractivity (Wildman–Crippen MR) is 76.9 cm³/mol. The second-order valence-electron chi connectivity index (χ2n) is 5.41. The van der Waals surface area contributed by atoms with E-state index in [-0.39, 0.29) is 11.5 Å². The number of nitro groups is 1. The van der Waals surface area contributed by atoms with Crippen molar-refractivity contribution in [1.29, 1.82) is 0 Å². The molecule has 0 atom stereocenters. The van der Waals surface area contributed by atoms with Gasteiger partial charge in [0.1, 0.15) is 0 Å². The largest absolute Gasteiger partial charge is 0.296 e. The number of hydrogen-bond acceptors (Lipinski definition) is 4. The molecule has 0 amide bonds. The van der Waals surface area contributed by atoms with Gasteiger partial charge >= 0.3 is 0 Å². The Balaban J connectivity index is 1.96. The van der Waals surface area contributed by atoms with Gasteiger partial charge in [0.15, 0.2) is 5.78 Å². The number of Topliss-reactive ketones (excluding diaryl/α,β-unsaturated/α-hetero) is 1. The molecule has 1 aromatic carbocycles. The van der Waals surface area contributed by atoms with E-state index in [4.69, 9.17) is 0 Å². The first-order valence-electron chi connectivity index (χ1n) is 7.10. The van der Waals surface area contributed by atoms with Gasteiger partial charge in [-0.1, -0.05) is 6.92 Å². The second-order valence-corrected chi connectivity index (χ2v) is 5.41. The molecular weight excluding hydrogens is 256 g/mol. The minimum Gasteiger partial charge on any atom is -0.296 e. The van der Waals surface area contributed by atoms with Crippen LogP contribution < -0.4 is 0 Å². The molecule has 0 N–H and O–H groups in total. The normalized spacial score (nSPS) is 14.5. The zero-order valence-corrected chi connectivity index (χ0v) is 11.7. The van der Waals surface area contributed by atoms with Crippen LogP contribution in [-0.4, -0.2) is 35.2 Å². The van der Waals surface area contributed by atoms with Gasteiger partial charge in [-0.3, -0.25) is 19.8 Å². The number of nitro benzene ring substituents is 1. The molecular formula is C15H20N2O3. The maximum absolute atomic E-state index is 12.2. The van der Waals surface area contributed by atoms with Crippen molar-refractivity contribution in [1.82, 2.24) is 4.90 Å². The summed E-state index contributed by atoms with van der Waals surface area (Å²) in [5.41, 5.74) is 0.567. The monoisotopic (exact) mass is 276 g/mol. The van der Waals surface area contributed by atoms with E-state index in [0.717, 1.165) is 25.4 Å². The number of rotatable bonds is 8. The van der Waals surface area contributed by atoms with Gasteiger partial charge in [-0.2, -0.15) is 0 Å². The van der Waals surface area contributed by atoms with Crippen LogP contribution in [0.15, 0.2) is 24.3 Å². The molecule has 0 heterocycles. The lowest BCUT2D eigenvalue weighted by atomic mass is 10.1. The summed E-state index contributed by atoms with van der Waals surface area (Å²) in [7, 11) is 0. The Morgan fingerprint density at radius 1 is 1.35 bits per heavy atom. The van der Waals surface area contributed by atoms with Crippen LogP contribution >= 0.6 is 0 Å². The molecule has 1 saturated carbocycles. The van der Waals surface area contributed by atoms with Crippen molar-refractivity contribution in [2.24, 2.45) is 5.92 Å². The summed E-state index contributed by atoms with van der Waals surface area (Å²) < 4.78 is 0. The predicted octanol–water partition coefficient (Wildman–Crippen LogP) is 2.90. The van der Waals surface area contributed by atoms with E-state index in [1.54, 1.807) is 12.1 Å². The third-order valence-electron chi connectivity index (χ3n) is 3.52.